The monoisotopic (exact) mass is 273 g/mol. The smallest absolute Gasteiger partial charge is 0.123 e. The van der Waals surface area contributed by atoms with E-state index in [9.17, 15) is 0 Å². The van der Waals surface area contributed by atoms with Gasteiger partial charge in [0, 0.05) is 33.9 Å². The number of pyridine rings is 1. The van der Waals surface area contributed by atoms with Gasteiger partial charge in [0.15, 0.2) is 0 Å². The molecule has 1 aromatic rings. The van der Waals surface area contributed by atoms with Crippen LogP contribution in [0.4, 0.5) is 5.82 Å². The highest BCUT2D eigenvalue weighted by molar-refractivity contribution is 6.31. The molecule has 0 fully saturated rings. The third kappa shape index (κ3) is 5.18. The van der Waals surface area contributed by atoms with Crippen LogP contribution in [0.25, 0.3) is 0 Å². The van der Waals surface area contributed by atoms with Gasteiger partial charge < -0.3 is 15.2 Å². The second-order valence-corrected chi connectivity index (χ2v) is 4.33. The Labute approximate surface area is 113 Å². The van der Waals surface area contributed by atoms with E-state index in [-0.39, 0.29) is 0 Å². The van der Waals surface area contributed by atoms with Crippen molar-refractivity contribution in [2.45, 2.75) is 6.54 Å². The lowest BCUT2D eigenvalue weighted by atomic mass is 10.3. The van der Waals surface area contributed by atoms with Gasteiger partial charge in [-0.25, -0.2) is 4.98 Å². The Morgan fingerprint density at radius 3 is 2.39 bits per heavy atom. The number of nitrogens with two attached hydrogens (primary N) is 1. The van der Waals surface area contributed by atoms with Gasteiger partial charge in [-0.15, -0.1) is 0 Å². The molecule has 0 aliphatic rings. The van der Waals surface area contributed by atoms with Crippen LogP contribution >= 0.6 is 11.6 Å². The lowest BCUT2D eigenvalue weighted by Gasteiger charge is -2.21. The van der Waals surface area contributed by atoms with Gasteiger partial charge in [-0.05, 0) is 12.1 Å². The Morgan fingerprint density at radius 1 is 1.22 bits per heavy atom. The standard InChI is InChI=1S/C12H20ClN3O2/c1-17-7-5-16(6-8-18-2)9-11-10(13)3-4-12(14)15-11/h3-4H,5-9H2,1-2H3,(H2,14,15). The van der Waals surface area contributed by atoms with Crippen LogP contribution in [-0.4, -0.2) is 50.4 Å². The molecule has 0 aliphatic heterocycles. The van der Waals surface area contributed by atoms with Crippen molar-refractivity contribution in [3.05, 3.63) is 22.8 Å². The highest BCUT2D eigenvalue weighted by atomic mass is 35.5. The second kappa shape index (κ2) is 8.26. The zero-order valence-electron chi connectivity index (χ0n) is 10.9. The molecule has 102 valence electrons. The lowest BCUT2D eigenvalue weighted by Crippen LogP contribution is -2.30. The van der Waals surface area contributed by atoms with Crippen molar-refractivity contribution in [3.63, 3.8) is 0 Å². The molecule has 1 heterocycles. The minimum absolute atomic E-state index is 0.479. The lowest BCUT2D eigenvalue weighted by molar-refractivity contribution is 0.109. The Hall–Kier alpha value is -0.880. The third-order valence-corrected chi connectivity index (χ3v) is 2.88. The molecule has 1 aromatic heterocycles. The summed E-state index contributed by atoms with van der Waals surface area (Å²) in [6, 6.07) is 3.46. The first-order valence-electron chi connectivity index (χ1n) is 5.78. The average Bonchev–Trinajstić information content (AvgIpc) is 2.37. The molecule has 6 heteroatoms. The first kappa shape index (κ1) is 15.2. The summed E-state index contributed by atoms with van der Waals surface area (Å²) in [6.45, 7) is 3.54. The largest absolute Gasteiger partial charge is 0.384 e. The molecule has 0 spiro atoms. The Kier molecular flexibility index (Phi) is 6.97. The predicted molar refractivity (Wildman–Crippen MR) is 72.7 cm³/mol. The molecule has 0 aromatic carbocycles. The maximum atomic E-state index is 6.10. The number of nitrogen functional groups attached to an aromatic ring is 1. The van der Waals surface area contributed by atoms with Crippen molar-refractivity contribution in [3.8, 4) is 0 Å². The van der Waals surface area contributed by atoms with E-state index >= 15 is 0 Å². The molecule has 0 saturated heterocycles. The summed E-state index contributed by atoms with van der Waals surface area (Å²) in [5, 5.41) is 0.629. The molecule has 0 bridgehead atoms. The normalized spacial score (nSPS) is 11.1. The fraction of sp³-hybridized carbons (Fsp3) is 0.583. The fourth-order valence-electron chi connectivity index (χ4n) is 1.53. The fourth-order valence-corrected chi connectivity index (χ4v) is 1.70. The van der Waals surface area contributed by atoms with Gasteiger partial charge in [0.2, 0.25) is 0 Å². The van der Waals surface area contributed by atoms with Crippen LogP contribution in [0, 0.1) is 0 Å². The number of hydrogen-bond acceptors (Lipinski definition) is 5. The number of aromatic nitrogens is 1. The summed E-state index contributed by atoms with van der Waals surface area (Å²) in [4.78, 5) is 6.42. The first-order chi connectivity index (χ1) is 8.67. The molecule has 0 saturated carbocycles. The van der Waals surface area contributed by atoms with Crippen LogP contribution in [0.5, 0.6) is 0 Å². The number of nitrogens with zero attached hydrogens (tertiary/aromatic N) is 2. The van der Waals surface area contributed by atoms with E-state index in [0.717, 1.165) is 18.8 Å². The summed E-state index contributed by atoms with van der Waals surface area (Å²) in [5.41, 5.74) is 6.45. The number of anilines is 1. The van der Waals surface area contributed by atoms with Crippen LogP contribution in [0.1, 0.15) is 5.69 Å². The van der Waals surface area contributed by atoms with E-state index in [1.807, 2.05) is 0 Å². The predicted octanol–water partition coefficient (Wildman–Crippen LogP) is 1.41. The molecule has 1 rings (SSSR count). The van der Waals surface area contributed by atoms with Crippen LogP contribution in [-0.2, 0) is 16.0 Å². The SMILES string of the molecule is COCCN(CCOC)Cc1nc(N)ccc1Cl. The Bertz CT molecular complexity index is 355. The van der Waals surface area contributed by atoms with Gasteiger partial charge in [0.05, 0.1) is 23.9 Å². The molecule has 0 aliphatic carbocycles. The van der Waals surface area contributed by atoms with Crippen molar-refractivity contribution in [2.75, 3.05) is 46.3 Å². The summed E-state index contributed by atoms with van der Waals surface area (Å²) < 4.78 is 10.2. The summed E-state index contributed by atoms with van der Waals surface area (Å²) in [5.74, 6) is 0.479. The summed E-state index contributed by atoms with van der Waals surface area (Å²) in [7, 11) is 3.36. The molecule has 0 atom stereocenters. The van der Waals surface area contributed by atoms with Crippen LogP contribution in [0.2, 0.25) is 5.02 Å². The van der Waals surface area contributed by atoms with E-state index in [0.29, 0.717) is 30.6 Å². The van der Waals surface area contributed by atoms with E-state index < -0.39 is 0 Å². The Balaban J connectivity index is 2.65. The number of halogens is 1. The van der Waals surface area contributed by atoms with Gasteiger partial charge in [-0.3, -0.25) is 4.90 Å². The number of hydrogen-bond donors (Lipinski definition) is 1. The molecule has 5 nitrogen and oxygen atoms in total. The van der Waals surface area contributed by atoms with Gasteiger partial charge in [0.1, 0.15) is 5.82 Å². The number of ether oxygens (including phenoxy) is 2. The summed E-state index contributed by atoms with van der Waals surface area (Å²) >= 11 is 6.10. The van der Waals surface area contributed by atoms with Crippen molar-refractivity contribution in [1.82, 2.24) is 9.88 Å². The molecule has 2 N–H and O–H groups in total. The van der Waals surface area contributed by atoms with Crippen molar-refractivity contribution in [2.24, 2.45) is 0 Å². The second-order valence-electron chi connectivity index (χ2n) is 3.93. The highest BCUT2D eigenvalue weighted by Gasteiger charge is 2.10. The molecule has 0 amide bonds. The maximum Gasteiger partial charge on any atom is 0.123 e. The quantitative estimate of drug-likeness (QED) is 0.776. The third-order valence-electron chi connectivity index (χ3n) is 2.54. The minimum atomic E-state index is 0.479. The number of methoxy groups -OCH3 is 2. The molecular formula is C12H20ClN3O2. The van der Waals surface area contributed by atoms with Gasteiger partial charge in [-0.2, -0.15) is 0 Å². The molecule has 0 radical (unpaired) electrons. The van der Waals surface area contributed by atoms with Gasteiger partial charge >= 0.3 is 0 Å². The maximum absolute atomic E-state index is 6.10. The summed E-state index contributed by atoms with van der Waals surface area (Å²) in [6.07, 6.45) is 0. The molecule has 18 heavy (non-hydrogen) atoms. The van der Waals surface area contributed by atoms with Crippen LogP contribution in [0.3, 0.4) is 0 Å². The van der Waals surface area contributed by atoms with Crippen LogP contribution in [0.15, 0.2) is 12.1 Å². The van der Waals surface area contributed by atoms with E-state index in [2.05, 4.69) is 9.88 Å². The zero-order chi connectivity index (χ0) is 13.4. The Morgan fingerprint density at radius 2 is 1.83 bits per heavy atom. The minimum Gasteiger partial charge on any atom is -0.384 e. The van der Waals surface area contributed by atoms with Crippen LogP contribution < -0.4 is 5.73 Å². The van der Waals surface area contributed by atoms with Crippen molar-refractivity contribution >= 4 is 17.4 Å². The topological polar surface area (TPSA) is 60.6 Å². The van der Waals surface area contributed by atoms with Crippen molar-refractivity contribution in [1.29, 1.82) is 0 Å². The highest BCUT2D eigenvalue weighted by Crippen LogP contribution is 2.17. The number of rotatable bonds is 8. The van der Waals surface area contributed by atoms with Gasteiger partial charge in [0.25, 0.3) is 0 Å². The van der Waals surface area contributed by atoms with Crippen molar-refractivity contribution < 1.29 is 9.47 Å². The molecule has 0 unspecified atom stereocenters. The first-order valence-corrected chi connectivity index (χ1v) is 6.16. The van der Waals surface area contributed by atoms with E-state index in [1.54, 1.807) is 26.4 Å². The van der Waals surface area contributed by atoms with E-state index in [1.165, 1.54) is 0 Å². The zero-order valence-corrected chi connectivity index (χ0v) is 11.6. The van der Waals surface area contributed by atoms with E-state index in [4.69, 9.17) is 26.8 Å². The van der Waals surface area contributed by atoms with Gasteiger partial charge in [-0.1, -0.05) is 11.6 Å². The molecular weight excluding hydrogens is 254 g/mol. The average molecular weight is 274 g/mol.